The van der Waals surface area contributed by atoms with E-state index in [1.807, 2.05) is 17.0 Å². The second-order valence-corrected chi connectivity index (χ2v) is 10.8. The van der Waals surface area contributed by atoms with E-state index in [1.165, 1.54) is 25.7 Å². The van der Waals surface area contributed by atoms with E-state index in [9.17, 15) is 4.79 Å². The van der Waals surface area contributed by atoms with E-state index in [0.29, 0.717) is 12.5 Å². The van der Waals surface area contributed by atoms with Crippen molar-refractivity contribution in [2.24, 2.45) is 4.99 Å². The lowest BCUT2D eigenvalue weighted by molar-refractivity contribution is -0.132. The molecule has 2 aliphatic heterocycles. The zero-order chi connectivity index (χ0) is 22.1. The summed E-state index contributed by atoms with van der Waals surface area (Å²) in [6.07, 6.45) is 6.44. The molecule has 8 heteroatoms. The van der Waals surface area contributed by atoms with Gasteiger partial charge in [-0.15, -0.1) is 11.8 Å². The van der Waals surface area contributed by atoms with Crippen LogP contribution < -0.4 is 5.32 Å². The van der Waals surface area contributed by atoms with Crippen LogP contribution in [0.5, 0.6) is 0 Å². The van der Waals surface area contributed by atoms with Gasteiger partial charge in [-0.3, -0.25) is 9.79 Å². The fourth-order valence-electron chi connectivity index (χ4n) is 4.94. The maximum Gasteiger partial charge on any atom is 0.222 e. The van der Waals surface area contributed by atoms with Crippen LogP contribution in [0.3, 0.4) is 0 Å². The molecule has 1 saturated heterocycles. The lowest BCUT2D eigenvalue weighted by Gasteiger charge is -2.32. The maximum absolute atomic E-state index is 12.6. The van der Waals surface area contributed by atoms with Gasteiger partial charge in [0, 0.05) is 54.8 Å². The van der Waals surface area contributed by atoms with Crippen LogP contribution >= 0.6 is 23.4 Å². The Labute approximate surface area is 199 Å². The van der Waals surface area contributed by atoms with Gasteiger partial charge in [-0.25, -0.2) is 0 Å². The smallest absolute Gasteiger partial charge is 0.222 e. The molecule has 3 aliphatic rings. The van der Waals surface area contributed by atoms with Crippen molar-refractivity contribution in [1.82, 2.24) is 14.8 Å². The van der Waals surface area contributed by atoms with Crippen molar-refractivity contribution in [3.63, 3.8) is 0 Å². The molecule has 1 aliphatic carbocycles. The van der Waals surface area contributed by atoms with E-state index in [-0.39, 0.29) is 11.9 Å². The average Bonchev–Trinajstić information content (AvgIpc) is 3.53. The number of thioether (sulfide) groups is 1. The summed E-state index contributed by atoms with van der Waals surface area (Å²) in [6, 6.07) is 6.94. The molecule has 32 heavy (non-hydrogen) atoms. The Kier molecular flexibility index (Phi) is 6.67. The topological polar surface area (TPSA) is 63.7 Å². The number of piperazine rings is 1. The Morgan fingerprint density at radius 3 is 2.78 bits per heavy atom. The number of nitrogens with zero attached hydrogens (tertiary/aromatic N) is 3. The number of aliphatic imine (C=N–C) groups is 1. The quantitative estimate of drug-likeness (QED) is 0.644. The number of hydrogen-bond donors (Lipinski definition) is 2. The number of hydrogen-bond acceptors (Lipinski definition) is 5. The Balaban J connectivity index is 1.25. The molecule has 1 aromatic carbocycles. The number of carbonyl (C=O) groups excluding carboxylic acids is 1. The normalized spacial score (nSPS) is 22.6. The molecule has 5 rings (SSSR count). The molecule has 1 saturated carbocycles. The summed E-state index contributed by atoms with van der Waals surface area (Å²) >= 11 is 8.20. The fourth-order valence-corrected chi connectivity index (χ4v) is 6.25. The lowest BCUT2D eigenvalue weighted by Crippen LogP contribution is -2.47. The van der Waals surface area contributed by atoms with Gasteiger partial charge in [0.1, 0.15) is 5.04 Å². The standard InChI is InChI=1S/C24H32ClN5OS/c1-29-8-10-30(11-9-29)22(31)7-6-19-15-32-24(27-19)21-13-16-12-17(25)14-20(23(16)28-21)26-18-4-2-3-5-18/h12-14,18-19,26,28H,2-11,15H2,1H3. The van der Waals surface area contributed by atoms with Gasteiger partial charge >= 0.3 is 0 Å². The molecular formula is C24H32ClN5OS. The minimum absolute atomic E-state index is 0.206. The monoisotopic (exact) mass is 473 g/mol. The number of amides is 1. The zero-order valence-corrected chi connectivity index (χ0v) is 20.3. The van der Waals surface area contributed by atoms with Crippen LogP contribution in [0.2, 0.25) is 5.02 Å². The molecule has 2 aromatic rings. The molecule has 2 fully saturated rings. The number of fused-ring (bicyclic) bond motifs is 1. The first-order chi connectivity index (χ1) is 15.5. The number of aromatic nitrogens is 1. The highest BCUT2D eigenvalue weighted by Crippen LogP contribution is 2.34. The van der Waals surface area contributed by atoms with E-state index in [2.05, 4.69) is 28.3 Å². The lowest BCUT2D eigenvalue weighted by atomic mass is 10.1. The van der Waals surface area contributed by atoms with Gasteiger partial charge in [0.15, 0.2) is 0 Å². The van der Waals surface area contributed by atoms with Gasteiger partial charge in [-0.05, 0) is 44.5 Å². The summed E-state index contributed by atoms with van der Waals surface area (Å²) in [5.41, 5.74) is 3.24. The number of anilines is 1. The van der Waals surface area contributed by atoms with Gasteiger partial charge in [0.2, 0.25) is 5.91 Å². The molecule has 1 amide bonds. The summed E-state index contributed by atoms with van der Waals surface area (Å²) in [7, 11) is 2.11. The summed E-state index contributed by atoms with van der Waals surface area (Å²) in [4.78, 5) is 25.4. The SMILES string of the molecule is CN1CCN(C(=O)CCC2CSC(c3cc4cc(Cl)cc(NC5CCCC5)c4[nH]3)=N2)CC1. The zero-order valence-electron chi connectivity index (χ0n) is 18.7. The second-order valence-electron chi connectivity index (χ2n) is 9.35. The minimum Gasteiger partial charge on any atom is -0.381 e. The van der Waals surface area contributed by atoms with Gasteiger partial charge in [0.25, 0.3) is 0 Å². The molecule has 172 valence electrons. The second kappa shape index (κ2) is 9.65. The molecule has 1 atom stereocenters. The van der Waals surface area contributed by atoms with Crippen molar-refractivity contribution in [3.8, 4) is 0 Å². The fraction of sp³-hybridized carbons (Fsp3) is 0.583. The molecule has 0 spiro atoms. The van der Waals surface area contributed by atoms with Crippen LogP contribution in [0, 0.1) is 0 Å². The summed E-state index contributed by atoms with van der Waals surface area (Å²) in [5.74, 6) is 1.21. The summed E-state index contributed by atoms with van der Waals surface area (Å²) in [6.45, 7) is 3.63. The number of halogens is 1. The molecule has 0 bridgehead atoms. The van der Waals surface area contributed by atoms with Crippen molar-refractivity contribution in [2.45, 2.75) is 50.6 Å². The molecule has 1 unspecified atom stereocenters. The third kappa shape index (κ3) is 4.95. The van der Waals surface area contributed by atoms with E-state index >= 15 is 0 Å². The number of aromatic amines is 1. The Morgan fingerprint density at radius 1 is 1.22 bits per heavy atom. The van der Waals surface area contributed by atoms with Crippen molar-refractivity contribution in [3.05, 3.63) is 28.9 Å². The third-order valence-corrected chi connectivity index (χ3v) is 8.27. The van der Waals surface area contributed by atoms with E-state index in [4.69, 9.17) is 16.6 Å². The van der Waals surface area contributed by atoms with Crippen LogP contribution in [-0.2, 0) is 4.79 Å². The number of benzene rings is 1. The van der Waals surface area contributed by atoms with Gasteiger partial charge < -0.3 is 20.1 Å². The Bertz CT molecular complexity index is 1010. The highest BCUT2D eigenvalue weighted by atomic mass is 35.5. The molecule has 3 heterocycles. The Hall–Kier alpha value is -1.70. The molecular weight excluding hydrogens is 442 g/mol. The Morgan fingerprint density at radius 2 is 2.00 bits per heavy atom. The predicted molar refractivity (Wildman–Crippen MR) is 135 cm³/mol. The average molecular weight is 474 g/mol. The van der Waals surface area contributed by atoms with Crippen LogP contribution in [0.25, 0.3) is 10.9 Å². The highest BCUT2D eigenvalue weighted by molar-refractivity contribution is 8.14. The third-order valence-electron chi connectivity index (χ3n) is 6.90. The molecule has 1 aromatic heterocycles. The number of H-pyrrole nitrogens is 1. The highest BCUT2D eigenvalue weighted by Gasteiger charge is 2.25. The first-order valence-corrected chi connectivity index (χ1v) is 13.2. The molecule has 6 nitrogen and oxygen atoms in total. The summed E-state index contributed by atoms with van der Waals surface area (Å²) < 4.78 is 0. The maximum atomic E-state index is 12.6. The predicted octanol–water partition coefficient (Wildman–Crippen LogP) is 4.59. The van der Waals surface area contributed by atoms with Gasteiger partial charge in [0.05, 0.1) is 22.9 Å². The summed E-state index contributed by atoms with van der Waals surface area (Å²) in [5, 5.41) is 6.61. The first-order valence-electron chi connectivity index (χ1n) is 11.8. The van der Waals surface area contributed by atoms with E-state index < -0.39 is 0 Å². The van der Waals surface area contributed by atoms with Crippen molar-refractivity contribution >= 4 is 50.9 Å². The number of nitrogens with one attached hydrogen (secondary N) is 2. The van der Waals surface area contributed by atoms with Crippen LogP contribution in [0.15, 0.2) is 23.2 Å². The number of likely N-dealkylation sites (N-methyl/N-ethyl adjacent to an activating group) is 1. The van der Waals surface area contributed by atoms with Crippen LogP contribution in [0.4, 0.5) is 5.69 Å². The van der Waals surface area contributed by atoms with E-state index in [0.717, 1.165) is 70.7 Å². The van der Waals surface area contributed by atoms with Crippen LogP contribution in [-0.4, -0.2) is 76.8 Å². The van der Waals surface area contributed by atoms with Gasteiger partial charge in [-0.2, -0.15) is 0 Å². The van der Waals surface area contributed by atoms with Crippen LogP contribution in [0.1, 0.15) is 44.2 Å². The van der Waals surface area contributed by atoms with Gasteiger partial charge in [-0.1, -0.05) is 24.4 Å². The molecule has 2 N–H and O–H groups in total. The number of carbonyl (C=O) groups is 1. The van der Waals surface area contributed by atoms with Crippen molar-refractivity contribution < 1.29 is 4.79 Å². The first kappa shape index (κ1) is 22.1. The largest absolute Gasteiger partial charge is 0.381 e. The van der Waals surface area contributed by atoms with Crippen molar-refractivity contribution in [2.75, 3.05) is 44.3 Å². The molecule has 0 radical (unpaired) electrons. The van der Waals surface area contributed by atoms with Crippen molar-refractivity contribution in [1.29, 1.82) is 0 Å². The van der Waals surface area contributed by atoms with E-state index in [1.54, 1.807) is 11.8 Å². The number of rotatable bonds is 6. The minimum atomic E-state index is 0.206.